The zero-order valence-corrected chi connectivity index (χ0v) is 10.6. The van der Waals surface area contributed by atoms with Crippen molar-refractivity contribution in [3.63, 3.8) is 0 Å². The van der Waals surface area contributed by atoms with Crippen LogP contribution in [0.15, 0.2) is 28.7 Å². The van der Waals surface area contributed by atoms with E-state index in [-0.39, 0.29) is 0 Å². The second-order valence-corrected chi connectivity index (χ2v) is 5.25. The molecular weight excluding hydrogens is 252 g/mol. The molecule has 0 aromatic heterocycles. The Kier molecular flexibility index (Phi) is 3.32. The first-order valence-electron chi connectivity index (χ1n) is 5.43. The minimum atomic E-state index is 0.308. The highest BCUT2D eigenvalue weighted by Crippen LogP contribution is 2.27. The van der Waals surface area contributed by atoms with Crippen LogP contribution in [0.4, 0.5) is 5.69 Å². The van der Waals surface area contributed by atoms with Crippen LogP contribution in [0.1, 0.15) is 13.3 Å². The third-order valence-corrected chi connectivity index (χ3v) is 3.63. The van der Waals surface area contributed by atoms with Crippen molar-refractivity contribution < 1.29 is 0 Å². The lowest BCUT2D eigenvalue weighted by Crippen LogP contribution is -2.29. The number of rotatable bonds is 2. The predicted octanol–water partition coefficient (Wildman–Crippen LogP) is 2.62. The lowest BCUT2D eigenvalue weighted by molar-refractivity contribution is 0.488. The Morgan fingerprint density at radius 2 is 2.33 bits per heavy atom. The minimum Gasteiger partial charge on any atom is -0.371 e. The van der Waals surface area contributed by atoms with E-state index >= 15 is 0 Å². The van der Waals surface area contributed by atoms with Gasteiger partial charge in [-0.3, -0.25) is 0 Å². The summed E-state index contributed by atoms with van der Waals surface area (Å²) in [5.41, 5.74) is 7.23. The van der Waals surface area contributed by atoms with Crippen molar-refractivity contribution in [2.75, 3.05) is 18.0 Å². The van der Waals surface area contributed by atoms with E-state index in [1.165, 1.54) is 12.1 Å². The van der Waals surface area contributed by atoms with Crippen LogP contribution in [-0.4, -0.2) is 19.1 Å². The van der Waals surface area contributed by atoms with Crippen molar-refractivity contribution in [3.05, 3.63) is 28.7 Å². The second kappa shape index (κ2) is 4.54. The highest BCUT2D eigenvalue weighted by atomic mass is 79.9. The summed E-state index contributed by atoms with van der Waals surface area (Å²) in [6.45, 7) is 4.33. The quantitative estimate of drug-likeness (QED) is 0.894. The molecule has 2 rings (SSSR count). The van der Waals surface area contributed by atoms with Gasteiger partial charge in [0.05, 0.1) is 0 Å². The van der Waals surface area contributed by atoms with Crippen LogP contribution in [0.25, 0.3) is 0 Å². The van der Waals surface area contributed by atoms with Crippen LogP contribution in [0.5, 0.6) is 0 Å². The lowest BCUT2D eigenvalue weighted by atomic mass is 10.0. The van der Waals surface area contributed by atoms with E-state index in [1.54, 1.807) is 0 Å². The van der Waals surface area contributed by atoms with Crippen molar-refractivity contribution in [1.82, 2.24) is 0 Å². The summed E-state index contributed by atoms with van der Waals surface area (Å²) in [5.74, 6) is 0.643. The van der Waals surface area contributed by atoms with E-state index in [4.69, 9.17) is 5.73 Å². The summed E-state index contributed by atoms with van der Waals surface area (Å²) in [6, 6.07) is 8.78. The number of hydrogen-bond donors (Lipinski definition) is 1. The average molecular weight is 269 g/mol. The summed E-state index contributed by atoms with van der Waals surface area (Å²) in [4.78, 5) is 2.42. The van der Waals surface area contributed by atoms with Gasteiger partial charge in [0.1, 0.15) is 0 Å². The van der Waals surface area contributed by atoms with E-state index < -0.39 is 0 Å². The fourth-order valence-electron chi connectivity index (χ4n) is 2.12. The summed E-state index contributed by atoms with van der Waals surface area (Å²) in [5, 5.41) is 0. The van der Waals surface area contributed by atoms with E-state index in [0.29, 0.717) is 12.0 Å². The molecule has 15 heavy (non-hydrogen) atoms. The van der Waals surface area contributed by atoms with E-state index in [9.17, 15) is 0 Å². The highest BCUT2D eigenvalue weighted by molar-refractivity contribution is 9.10. The topological polar surface area (TPSA) is 29.3 Å². The molecule has 1 heterocycles. The van der Waals surface area contributed by atoms with Gasteiger partial charge in [-0.15, -0.1) is 0 Å². The highest BCUT2D eigenvalue weighted by Gasteiger charge is 2.25. The zero-order valence-electron chi connectivity index (χ0n) is 8.99. The number of nitrogens with two attached hydrogens (primary N) is 1. The first-order valence-corrected chi connectivity index (χ1v) is 6.22. The summed E-state index contributed by atoms with van der Waals surface area (Å²) in [6.07, 6.45) is 1.21. The molecule has 0 radical (unpaired) electrons. The van der Waals surface area contributed by atoms with Gasteiger partial charge in [0, 0.05) is 29.3 Å². The monoisotopic (exact) mass is 268 g/mol. The minimum absolute atomic E-state index is 0.308. The van der Waals surface area contributed by atoms with Gasteiger partial charge in [0.25, 0.3) is 0 Å². The number of halogens is 1. The average Bonchev–Trinajstić information content (AvgIpc) is 2.66. The van der Waals surface area contributed by atoms with E-state index in [0.717, 1.165) is 17.6 Å². The normalized spacial score (nSPS) is 23.1. The number of hydrogen-bond acceptors (Lipinski definition) is 2. The Balaban J connectivity index is 2.08. The van der Waals surface area contributed by atoms with Crippen molar-refractivity contribution in [3.8, 4) is 0 Å². The van der Waals surface area contributed by atoms with Gasteiger partial charge < -0.3 is 10.6 Å². The van der Waals surface area contributed by atoms with Crippen LogP contribution in [0.2, 0.25) is 0 Å². The van der Waals surface area contributed by atoms with Crippen molar-refractivity contribution in [2.45, 2.75) is 19.4 Å². The molecule has 2 atom stereocenters. The standard InChI is InChI=1S/C12H17BrN2/c1-9(14)10-5-6-15(8-10)12-4-2-3-11(13)7-12/h2-4,7,9-10H,5-6,8,14H2,1H3. The Labute approximate surface area is 99.6 Å². The summed E-state index contributed by atoms with van der Waals surface area (Å²) >= 11 is 3.50. The predicted molar refractivity (Wildman–Crippen MR) is 68.1 cm³/mol. The van der Waals surface area contributed by atoms with Crippen LogP contribution >= 0.6 is 15.9 Å². The van der Waals surface area contributed by atoms with Crippen molar-refractivity contribution in [1.29, 1.82) is 0 Å². The zero-order chi connectivity index (χ0) is 10.8. The molecule has 0 bridgehead atoms. The molecule has 82 valence electrons. The fourth-order valence-corrected chi connectivity index (χ4v) is 2.51. The molecule has 0 spiro atoms. The van der Waals surface area contributed by atoms with E-state index in [1.807, 2.05) is 0 Å². The maximum atomic E-state index is 5.93. The Morgan fingerprint density at radius 3 is 2.93 bits per heavy atom. The third kappa shape index (κ3) is 2.52. The molecule has 0 amide bonds. The van der Waals surface area contributed by atoms with Gasteiger partial charge in [-0.1, -0.05) is 22.0 Å². The molecule has 0 saturated carbocycles. The van der Waals surface area contributed by atoms with Gasteiger partial charge in [-0.05, 0) is 37.5 Å². The SMILES string of the molecule is CC(N)C1CCN(c2cccc(Br)c2)C1. The molecule has 1 aliphatic rings. The maximum absolute atomic E-state index is 5.93. The number of anilines is 1. The van der Waals surface area contributed by atoms with Crippen LogP contribution in [-0.2, 0) is 0 Å². The van der Waals surface area contributed by atoms with Gasteiger partial charge >= 0.3 is 0 Å². The molecule has 2 unspecified atom stereocenters. The molecule has 1 saturated heterocycles. The summed E-state index contributed by atoms with van der Waals surface area (Å²) < 4.78 is 1.14. The van der Waals surface area contributed by atoms with Gasteiger partial charge in [0.2, 0.25) is 0 Å². The molecule has 2 nitrogen and oxygen atoms in total. The second-order valence-electron chi connectivity index (χ2n) is 4.33. The van der Waals surface area contributed by atoms with Crippen molar-refractivity contribution >= 4 is 21.6 Å². The van der Waals surface area contributed by atoms with Gasteiger partial charge in [-0.2, -0.15) is 0 Å². The van der Waals surface area contributed by atoms with E-state index in [2.05, 4.69) is 52.0 Å². The number of benzene rings is 1. The largest absolute Gasteiger partial charge is 0.371 e. The molecule has 0 aliphatic carbocycles. The molecular formula is C12H17BrN2. The van der Waals surface area contributed by atoms with Crippen LogP contribution in [0, 0.1) is 5.92 Å². The molecule has 1 aliphatic heterocycles. The smallest absolute Gasteiger partial charge is 0.0377 e. The van der Waals surface area contributed by atoms with Crippen molar-refractivity contribution in [2.24, 2.45) is 11.7 Å². The number of nitrogens with zero attached hydrogens (tertiary/aromatic N) is 1. The summed E-state index contributed by atoms with van der Waals surface area (Å²) in [7, 11) is 0. The van der Waals surface area contributed by atoms with Gasteiger partial charge in [0.15, 0.2) is 0 Å². The molecule has 1 aromatic carbocycles. The molecule has 1 aromatic rings. The molecule has 3 heteroatoms. The molecule has 2 N–H and O–H groups in total. The molecule has 1 fully saturated rings. The van der Waals surface area contributed by atoms with Crippen LogP contribution in [0.3, 0.4) is 0 Å². The van der Waals surface area contributed by atoms with Crippen LogP contribution < -0.4 is 10.6 Å². The Hall–Kier alpha value is -0.540. The maximum Gasteiger partial charge on any atom is 0.0377 e. The van der Waals surface area contributed by atoms with Gasteiger partial charge in [-0.25, -0.2) is 0 Å². The first-order chi connectivity index (χ1) is 7.16. The third-order valence-electron chi connectivity index (χ3n) is 3.14. The lowest BCUT2D eigenvalue weighted by Gasteiger charge is -2.20. The Morgan fingerprint density at radius 1 is 1.53 bits per heavy atom. The first kappa shape index (κ1) is 11.0. The Bertz CT molecular complexity index is 338. The fraction of sp³-hybridized carbons (Fsp3) is 0.500.